The van der Waals surface area contributed by atoms with E-state index in [1.165, 1.54) is 6.33 Å². The fourth-order valence-corrected chi connectivity index (χ4v) is 2.52. The first-order valence-electron chi connectivity index (χ1n) is 5.83. The lowest BCUT2D eigenvalue weighted by Gasteiger charge is -1.98. The number of rotatable bonds is 1. The fraction of sp³-hybridized carbons (Fsp3) is 0. The Morgan fingerprint density at radius 1 is 1.15 bits per heavy atom. The quantitative estimate of drug-likeness (QED) is 0.496. The lowest BCUT2D eigenvalue weighted by atomic mass is 10.2. The Bertz CT molecular complexity index is 939. The zero-order valence-electron chi connectivity index (χ0n) is 10.1. The molecule has 0 aliphatic carbocycles. The van der Waals surface area contributed by atoms with Crippen molar-refractivity contribution >= 4 is 39.5 Å². The van der Waals surface area contributed by atoms with E-state index >= 15 is 0 Å². The van der Waals surface area contributed by atoms with Gasteiger partial charge in [0.15, 0.2) is 5.65 Å². The normalized spacial score (nSPS) is 11.4. The molecule has 0 radical (unpaired) electrons. The molecule has 4 aromatic heterocycles. The number of nitrogen functional groups attached to an aromatic ring is 1. The number of hydrogen-bond donors (Lipinski definition) is 3. The van der Waals surface area contributed by atoms with Crippen molar-refractivity contribution in [3.63, 3.8) is 0 Å². The van der Waals surface area contributed by atoms with E-state index < -0.39 is 0 Å². The summed E-state index contributed by atoms with van der Waals surface area (Å²) in [7, 11) is 0. The molecular weight excluding hydrogens is 278 g/mol. The Morgan fingerprint density at radius 2 is 2.05 bits per heavy atom. The zero-order chi connectivity index (χ0) is 13.7. The summed E-state index contributed by atoms with van der Waals surface area (Å²) in [6.45, 7) is 0. The monoisotopic (exact) mass is 285 g/mol. The summed E-state index contributed by atoms with van der Waals surface area (Å²) in [4.78, 5) is 15.4. The van der Waals surface area contributed by atoms with Crippen LogP contribution in [0.25, 0.3) is 33.5 Å². The number of H-pyrrole nitrogens is 2. The van der Waals surface area contributed by atoms with Gasteiger partial charge in [0, 0.05) is 11.6 Å². The van der Waals surface area contributed by atoms with Crippen LogP contribution >= 0.6 is 11.6 Å². The Hall–Kier alpha value is -2.67. The van der Waals surface area contributed by atoms with Crippen LogP contribution in [0.5, 0.6) is 0 Å². The highest BCUT2D eigenvalue weighted by molar-refractivity contribution is 6.38. The molecule has 7 nitrogen and oxygen atoms in total. The maximum atomic E-state index is 6.40. The Morgan fingerprint density at radius 3 is 2.90 bits per heavy atom. The van der Waals surface area contributed by atoms with Gasteiger partial charge < -0.3 is 10.7 Å². The number of pyridine rings is 1. The number of aromatic nitrogens is 6. The molecule has 4 heterocycles. The van der Waals surface area contributed by atoms with Crippen LogP contribution in [0.4, 0.5) is 5.82 Å². The molecule has 0 unspecified atom stereocenters. The van der Waals surface area contributed by atoms with E-state index in [0.717, 1.165) is 5.39 Å². The standard InChI is InChI=1S/C12H8ClN7/c13-7-5-2-1-3-15-11(5)18-9(7)8-6-10(14)16-4-17-12(6)20-19-8/h1-4H,(H,15,18)(H3,14,16,17,19,20). The van der Waals surface area contributed by atoms with Crippen molar-refractivity contribution in [1.82, 2.24) is 30.1 Å². The minimum Gasteiger partial charge on any atom is -0.383 e. The fourth-order valence-electron chi connectivity index (χ4n) is 2.22. The largest absolute Gasteiger partial charge is 0.383 e. The number of hydrogen-bond acceptors (Lipinski definition) is 5. The predicted octanol–water partition coefficient (Wildman–Crippen LogP) is 2.13. The third-order valence-corrected chi connectivity index (χ3v) is 3.53. The summed E-state index contributed by atoms with van der Waals surface area (Å²) in [5.41, 5.74) is 8.42. The number of nitrogens with two attached hydrogens (primary N) is 1. The van der Waals surface area contributed by atoms with E-state index in [9.17, 15) is 0 Å². The number of nitrogens with zero attached hydrogens (tertiary/aromatic N) is 4. The summed E-state index contributed by atoms with van der Waals surface area (Å²) >= 11 is 6.40. The summed E-state index contributed by atoms with van der Waals surface area (Å²) in [6, 6.07) is 3.72. The van der Waals surface area contributed by atoms with Crippen LogP contribution in [0.2, 0.25) is 5.02 Å². The number of aromatic amines is 2. The van der Waals surface area contributed by atoms with E-state index in [1.807, 2.05) is 12.1 Å². The number of nitrogens with one attached hydrogen (secondary N) is 2. The van der Waals surface area contributed by atoms with Crippen molar-refractivity contribution in [1.29, 1.82) is 0 Å². The van der Waals surface area contributed by atoms with Crippen LogP contribution in [-0.4, -0.2) is 30.1 Å². The van der Waals surface area contributed by atoms with E-state index in [4.69, 9.17) is 17.3 Å². The molecule has 0 fully saturated rings. The molecule has 4 N–H and O–H groups in total. The molecule has 0 saturated carbocycles. The van der Waals surface area contributed by atoms with Crippen LogP contribution in [0.1, 0.15) is 0 Å². The van der Waals surface area contributed by atoms with E-state index in [2.05, 4.69) is 30.1 Å². The van der Waals surface area contributed by atoms with Crippen LogP contribution in [0, 0.1) is 0 Å². The molecule has 8 heteroatoms. The van der Waals surface area contributed by atoms with Crippen molar-refractivity contribution in [2.75, 3.05) is 5.73 Å². The third-order valence-electron chi connectivity index (χ3n) is 3.14. The van der Waals surface area contributed by atoms with Gasteiger partial charge in [-0.1, -0.05) is 11.6 Å². The second-order valence-electron chi connectivity index (χ2n) is 4.27. The van der Waals surface area contributed by atoms with Gasteiger partial charge in [-0.2, -0.15) is 5.10 Å². The third kappa shape index (κ3) is 1.41. The van der Waals surface area contributed by atoms with Crippen molar-refractivity contribution in [3.05, 3.63) is 29.7 Å². The van der Waals surface area contributed by atoms with Gasteiger partial charge in [-0.05, 0) is 12.1 Å². The first kappa shape index (κ1) is 11.2. The van der Waals surface area contributed by atoms with Crippen LogP contribution in [0.15, 0.2) is 24.7 Å². The molecule has 20 heavy (non-hydrogen) atoms. The summed E-state index contributed by atoms with van der Waals surface area (Å²) in [5.74, 6) is 0.349. The Kier molecular flexibility index (Phi) is 2.19. The summed E-state index contributed by atoms with van der Waals surface area (Å²) in [6.07, 6.45) is 3.07. The average Bonchev–Trinajstić information content (AvgIpc) is 3.02. The zero-order valence-corrected chi connectivity index (χ0v) is 10.8. The van der Waals surface area contributed by atoms with Crippen LogP contribution < -0.4 is 5.73 Å². The molecule has 0 aliphatic heterocycles. The molecule has 0 atom stereocenters. The average molecular weight is 286 g/mol. The molecule has 0 spiro atoms. The number of anilines is 1. The lowest BCUT2D eigenvalue weighted by Crippen LogP contribution is -1.92. The lowest BCUT2D eigenvalue weighted by molar-refractivity contribution is 1.09. The summed E-state index contributed by atoms with van der Waals surface area (Å²) < 4.78 is 0. The van der Waals surface area contributed by atoms with Crippen molar-refractivity contribution in [2.45, 2.75) is 0 Å². The van der Waals surface area contributed by atoms with Gasteiger partial charge in [-0.15, -0.1) is 0 Å². The van der Waals surface area contributed by atoms with Gasteiger partial charge in [0.05, 0.1) is 21.8 Å². The van der Waals surface area contributed by atoms with Crippen molar-refractivity contribution in [2.24, 2.45) is 0 Å². The molecule has 0 bridgehead atoms. The van der Waals surface area contributed by atoms with Gasteiger partial charge in [-0.25, -0.2) is 15.0 Å². The van der Waals surface area contributed by atoms with Crippen LogP contribution in [-0.2, 0) is 0 Å². The first-order chi connectivity index (χ1) is 9.75. The first-order valence-corrected chi connectivity index (χ1v) is 6.20. The maximum absolute atomic E-state index is 6.40. The number of fused-ring (bicyclic) bond motifs is 2. The van der Waals surface area contributed by atoms with Gasteiger partial charge in [0.1, 0.15) is 17.8 Å². The van der Waals surface area contributed by atoms with Crippen molar-refractivity contribution < 1.29 is 0 Å². The smallest absolute Gasteiger partial charge is 0.186 e. The molecule has 0 aliphatic rings. The second kappa shape index (κ2) is 3.91. The molecule has 4 aromatic rings. The topological polar surface area (TPSA) is 109 Å². The highest BCUT2D eigenvalue weighted by Crippen LogP contribution is 2.36. The van der Waals surface area contributed by atoms with E-state index in [-0.39, 0.29) is 0 Å². The highest BCUT2D eigenvalue weighted by Gasteiger charge is 2.18. The highest BCUT2D eigenvalue weighted by atomic mass is 35.5. The summed E-state index contributed by atoms with van der Waals surface area (Å²) in [5, 5.41) is 9.04. The number of halogens is 1. The van der Waals surface area contributed by atoms with Gasteiger partial charge >= 0.3 is 0 Å². The second-order valence-corrected chi connectivity index (χ2v) is 4.65. The molecule has 4 rings (SSSR count). The van der Waals surface area contributed by atoms with Crippen molar-refractivity contribution in [3.8, 4) is 11.4 Å². The molecule has 0 amide bonds. The maximum Gasteiger partial charge on any atom is 0.186 e. The molecule has 0 aromatic carbocycles. The molecular formula is C12H8ClN7. The van der Waals surface area contributed by atoms with Gasteiger partial charge in [0.25, 0.3) is 0 Å². The molecule has 0 saturated heterocycles. The Labute approximate surface area is 117 Å². The van der Waals surface area contributed by atoms with Gasteiger partial charge in [-0.3, -0.25) is 5.10 Å². The van der Waals surface area contributed by atoms with Crippen LogP contribution in [0.3, 0.4) is 0 Å². The van der Waals surface area contributed by atoms with E-state index in [0.29, 0.717) is 38.9 Å². The van der Waals surface area contributed by atoms with Gasteiger partial charge in [0.2, 0.25) is 0 Å². The minimum absolute atomic E-state index is 0.349. The molecule has 98 valence electrons. The Balaban J connectivity index is 2.09. The SMILES string of the molecule is Nc1ncnc2n[nH]c(-c3[nH]c4ncccc4c3Cl)c12. The minimum atomic E-state index is 0.349. The van der Waals surface area contributed by atoms with E-state index in [1.54, 1.807) is 6.20 Å². The predicted molar refractivity (Wildman–Crippen MR) is 76.2 cm³/mol.